The summed E-state index contributed by atoms with van der Waals surface area (Å²) in [5.41, 5.74) is 1.15. The Balaban J connectivity index is 2.16. The van der Waals surface area contributed by atoms with Crippen LogP contribution < -0.4 is 0 Å². The molecule has 0 radical (unpaired) electrons. The van der Waals surface area contributed by atoms with Gasteiger partial charge in [0.05, 0.1) is 0 Å². The number of nitrogens with zero attached hydrogens (tertiary/aromatic N) is 1. The highest BCUT2D eigenvalue weighted by Gasteiger charge is 1.92. The lowest BCUT2D eigenvalue weighted by molar-refractivity contribution is 0.943. The predicted octanol–water partition coefficient (Wildman–Crippen LogP) is 3.89. The molecule has 16 heavy (non-hydrogen) atoms. The van der Waals surface area contributed by atoms with Gasteiger partial charge in [-0.1, -0.05) is 36.4 Å². The fourth-order valence-electron chi connectivity index (χ4n) is 1.61. The second-order valence-corrected chi connectivity index (χ2v) is 4.06. The maximum atomic E-state index is 5.59. The monoisotopic (exact) mass is 231 g/mol. The van der Waals surface area contributed by atoms with Gasteiger partial charge in [-0.3, -0.25) is 4.99 Å². The Bertz CT molecular complexity index is 491. The first kappa shape index (κ1) is 11.2. The van der Waals surface area contributed by atoms with Crippen molar-refractivity contribution in [2.45, 2.75) is 6.42 Å². The van der Waals surface area contributed by atoms with Crippen LogP contribution in [0.3, 0.4) is 0 Å². The summed E-state index contributed by atoms with van der Waals surface area (Å²) in [6.45, 7) is 0.802. The third-order valence-electron chi connectivity index (χ3n) is 2.43. The number of hydrogen-bond acceptors (Lipinski definition) is 1. The minimum Gasteiger partial charge on any atom is -0.293 e. The molecule has 0 N–H and O–H groups in total. The zero-order valence-electron chi connectivity index (χ0n) is 9.07. The van der Waals surface area contributed by atoms with E-state index in [2.05, 4.69) is 47.5 Å². The first-order valence-corrected chi connectivity index (χ1v) is 5.98. The summed E-state index contributed by atoms with van der Waals surface area (Å²) in [6, 6.07) is 14.7. The van der Waals surface area contributed by atoms with Gasteiger partial charge in [0.25, 0.3) is 0 Å². The summed E-state index contributed by atoms with van der Waals surface area (Å²) in [6.07, 6.45) is 2.85. The minimum atomic E-state index is 0.676. The molecule has 0 saturated carbocycles. The third-order valence-corrected chi connectivity index (χ3v) is 2.70. The normalized spacial score (nSPS) is 11.3. The van der Waals surface area contributed by atoms with Gasteiger partial charge in [-0.2, -0.15) is 0 Å². The summed E-state index contributed by atoms with van der Waals surface area (Å²) in [5, 5.41) is 2.52. The number of benzene rings is 2. The van der Waals surface area contributed by atoms with E-state index in [-0.39, 0.29) is 0 Å². The van der Waals surface area contributed by atoms with E-state index in [0.29, 0.717) is 5.88 Å². The van der Waals surface area contributed by atoms with Crippen molar-refractivity contribution in [3.05, 3.63) is 48.0 Å². The van der Waals surface area contributed by atoms with Gasteiger partial charge in [0.1, 0.15) is 0 Å². The third kappa shape index (κ3) is 2.83. The molecule has 0 aromatic heterocycles. The quantitative estimate of drug-likeness (QED) is 0.430. The van der Waals surface area contributed by atoms with Crippen LogP contribution in [0.15, 0.2) is 47.5 Å². The predicted molar refractivity (Wildman–Crippen MR) is 71.7 cm³/mol. The molecule has 2 aromatic rings. The Hall–Kier alpha value is -1.34. The van der Waals surface area contributed by atoms with Crippen LogP contribution in [0.25, 0.3) is 10.8 Å². The smallest absolute Gasteiger partial charge is 0.0400 e. The number of halogens is 1. The maximum absolute atomic E-state index is 5.59. The van der Waals surface area contributed by atoms with Crippen molar-refractivity contribution >= 4 is 28.6 Å². The van der Waals surface area contributed by atoms with Gasteiger partial charge in [-0.25, -0.2) is 0 Å². The average Bonchev–Trinajstić information content (AvgIpc) is 2.34. The fraction of sp³-hybridized carbons (Fsp3) is 0.214. The van der Waals surface area contributed by atoms with E-state index in [4.69, 9.17) is 11.6 Å². The van der Waals surface area contributed by atoms with Crippen LogP contribution >= 0.6 is 11.6 Å². The zero-order chi connectivity index (χ0) is 11.2. The van der Waals surface area contributed by atoms with Crippen LogP contribution in [-0.4, -0.2) is 18.6 Å². The van der Waals surface area contributed by atoms with Crippen LogP contribution in [0.4, 0.5) is 0 Å². The minimum absolute atomic E-state index is 0.676. The summed E-state index contributed by atoms with van der Waals surface area (Å²) < 4.78 is 0. The van der Waals surface area contributed by atoms with Gasteiger partial charge >= 0.3 is 0 Å². The largest absolute Gasteiger partial charge is 0.293 e. The SMILES string of the molecule is ClCCCN=Cc1ccc2ccccc2c1. The second-order valence-electron chi connectivity index (χ2n) is 3.68. The lowest BCUT2D eigenvalue weighted by Crippen LogP contribution is -1.86. The molecule has 0 unspecified atom stereocenters. The molecule has 2 heteroatoms. The highest BCUT2D eigenvalue weighted by Crippen LogP contribution is 2.14. The van der Waals surface area contributed by atoms with Crippen molar-refractivity contribution in [3.63, 3.8) is 0 Å². The number of hydrogen-bond donors (Lipinski definition) is 0. The standard InChI is InChI=1S/C14H14ClN/c15-8-3-9-16-11-12-6-7-13-4-1-2-5-14(13)10-12/h1-2,4-7,10-11H,3,8-9H2. The number of alkyl halides is 1. The van der Waals surface area contributed by atoms with E-state index in [9.17, 15) is 0 Å². The Kier molecular flexibility index (Phi) is 3.95. The molecule has 0 spiro atoms. The molecule has 82 valence electrons. The Morgan fingerprint density at radius 1 is 1.06 bits per heavy atom. The summed E-state index contributed by atoms with van der Waals surface area (Å²) in [5.74, 6) is 0.676. The summed E-state index contributed by atoms with van der Waals surface area (Å²) in [4.78, 5) is 4.33. The van der Waals surface area contributed by atoms with E-state index in [1.54, 1.807) is 0 Å². The van der Waals surface area contributed by atoms with E-state index >= 15 is 0 Å². The van der Waals surface area contributed by atoms with Crippen LogP contribution in [0.5, 0.6) is 0 Å². The molecule has 0 atom stereocenters. The topological polar surface area (TPSA) is 12.4 Å². The van der Waals surface area contributed by atoms with Crippen LogP contribution in [0.2, 0.25) is 0 Å². The number of aliphatic imine (C=N–C) groups is 1. The molecule has 0 fully saturated rings. The summed E-state index contributed by atoms with van der Waals surface area (Å²) >= 11 is 5.59. The zero-order valence-corrected chi connectivity index (χ0v) is 9.82. The molecule has 0 aliphatic carbocycles. The van der Waals surface area contributed by atoms with Gasteiger partial charge in [0.2, 0.25) is 0 Å². The van der Waals surface area contributed by atoms with Crippen molar-refractivity contribution < 1.29 is 0 Å². The number of fused-ring (bicyclic) bond motifs is 1. The molecule has 0 saturated heterocycles. The van der Waals surface area contributed by atoms with Crippen LogP contribution in [-0.2, 0) is 0 Å². The van der Waals surface area contributed by atoms with Crippen molar-refractivity contribution in [2.75, 3.05) is 12.4 Å². The summed E-state index contributed by atoms with van der Waals surface area (Å²) in [7, 11) is 0. The molecular weight excluding hydrogens is 218 g/mol. The van der Waals surface area contributed by atoms with Crippen LogP contribution in [0.1, 0.15) is 12.0 Å². The van der Waals surface area contributed by atoms with Crippen molar-refractivity contribution in [2.24, 2.45) is 4.99 Å². The van der Waals surface area contributed by atoms with Crippen molar-refractivity contribution in [1.29, 1.82) is 0 Å². The van der Waals surface area contributed by atoms with Gasteiger partial charge in [-0.05, 0) is 28.8 Å². The Morgan fingerprint density at radius 3 is 2.69 bits per heavy atom. The lowest BCUT2D eigenvalue weighted by atomic mass is 10.1. The average molecular weight is 232 g/mol. The van der Waals surface area contributed by atoms with E-state index in [0.717, 1.165) is 18.5 Å². The van der Waals surface area contributed by atoms with E-state index < -0.39 is 0 Å². The molecule has 0 aliphatic rings. The molecule has 2 rings (SSSR count). The Morgan fingerprint density at radius 2 is 1.88 bits per heavy atom. The van der Waals surface area contributed by atoms with E-state index in [1.165, 1.54) is 10.8 Å². The maximum Gasteiger partial charge on any atom is 0.0400 e. The van der Waals surface area contributed by atoms with Crippen LogP contribution in [0, 0.1) is 0 Å². The highest BCUT2D eigenvalue weighted by atomic mass is 35.5. The fourth-order valence-corrected chi connectivity index (χ4v) is 1.73. The first-order chi connectivity index (χ1) is 7.90. The van der Waals surface area contributed by atoms with Gasteiger partial charge in [0.15, 0.2) is 0 Å². The van der Waals surface area contributed by atoms with Gasteiger partial charge in [0, 0.05) is 18.6 Å². The van der Waals surface area contributed by atoms with E-state index in [1.807, 2.05) is 6.21 Å². The molecule has 0 bridgehead atoms. The molecule has 1 nitrogen and oxygen atoms in total. The lowest BCUT2D eigenvalue weighted by Gasteiger charge is -1.98. The van der Waals surface area contributed by atoms with Gasteiger partial charge < -0.3 is 0 Å². The van der Waals surface area contributed by atoms with Crippen molar-refractivity contribution in [1.82, 2.24) is 0 Å². The van der Waals surface area contributed by atoms with Gasteiger partial charge in [-0.15, -0.1) is 11.6 Å². The number of rotatable bonds is 4. The second kappa shape index (κ2) is 5.66. The molecule has 0 heterocycles. The highest BCUT2D eigenvalue weighted by molar-refractivity contribution is 6.17. The molecular formula is C14H14ClN. The molecule has 2 aromatic carbocycles. The molecule has 0 amide bonds. The Labute approximate surface area is 101 Å². The first-order valence-electron chi connectivity index (χ1n) is 5.45. The molecule has 0 aliphatic heterocycles. The van der Waals surface area contributed by atoms with Crippen molar-refractivity contribution in [3.8, 4) is 0 Å².